The fraction of sp³-hybridized carbons (Fsp3) is 0.571. The van der Waals surface area contributed by atoms with Gasteiger partial charge in [-0.3, -0.25) is 4.79 Å². The number of halogens is 2. The van der Waals surface area contributed by atoms with Gasteiger partial charge in [-0.25, -0.2) is 4.68 Å². The molecule has 2 aliphatic rings. The summed E-state index contributed by atoms with van der Waals surface area (Å²) in [7, 11) is 0. The van der Waals surface area contributed by atoms with Gasteiger partial charge in [-0.05, 0) is 56.8 Å². The van der Waals surface area contributed by atoms with Crippen molar-refractivity contribution in [1.82, 2.24) is 30.5 Å². The molecule has 3 heterocycles. The Labute approximate surface area is 190 Å². The Morgan fingerprint density at radius 2 is 1.90 bits per heavy atom. The topological polar surface area (TPSA) is 75.1 Å². The zero-order chi connectivity index (χ0) is 19.2. The van der Waals surface area contributed by atoms with Crippen molar-refractivity contribution in [3.8, 4) is 0 Å². The largest absolute Gasteiger partial charge is 0.350 e. The molecule has 2 N–H and O–H groups in total. The van der Waals surface area contributed by atoms with Gasteiger partial charge in [0, 0.05) is 19.6 Å². The molecule has 1 amide bonds. The van der Waals surface area contributed by atoms with Crippen LogP contribution in [0.15, 0.2) is 36.5 Å². The van der Waals surface area contributed by atoms with Crippen LogP contribution in [0.4, 0.5) is 0 Å². The molecular weight excluding hydrogens is 423 g/mol. The van der Waals surface area contributed by atoms with Crippen LogP contribution in [0.1, 0.15) is 41.4 Å². The molecule has 7 nitrogen and oxygen atoms in total. The van der Waals surface area contributed by atoms with E-state index in [4.69, 9.17) is 0 Å². The van der Waals surface area contributed by atoms with E-state index in [1.54, 1.807) is 6.20 Å². The molecule has 2 saturated heterocycles. The van der Waals surface area contributed by atoms with E-state index >= 15 is 0 Å². The second kappa shape index (κ2) is 12.2. The zero-order valence-electron chi connectivity index (χ0n) is 17.2. The molecule has 1 atom stereocenters. The van der Waals surface area contributed by atoms with Crippen LogP contribution in [0.3, 0.4) is 0 Å². The normalized spacial score (nSPS) is 19.7. The molecule has 0 aliphatic carbocycles. The molecule has 1 aromatic carbocycles. The molecular formula is C21H32Cl2N6O. The number of likely N-dealkylation sites (tertiary alicyclic amines) is 1. The Bertz CT molecular complexity index is 766. The lowest BCUT2D eigenvalue weighted by Crippen LogP contribution is -2.31. The predicted octanol–water partition coefficient (Wildman–Crippen LogP) is 2.34. The van der Waals surface area contributed by atoms with E-state index in [9.17, 15) is 4.79 Å². The highest BCUT2D eigenvalue weighted by Crippen LogP contribution is 2.18. The minimum atomic E-state index is -0.108. The van der Waals surface area contributed by atoms with E-state index < -0.39 is 0 Å². The first-order valence-corrected chi connectivity index (χ1v) is 10.4. The van der Waals surface area contributed by atoms with Gasteiger partial charge in [-0.2, -0.15) is 0 Å². The Kier molecular flexibility index (Phi) is 10.0. The van der Waals surface area contributed by atoms with Crippen molar-refractivity contribution >= 4 is 30.7 Å². The molecule has 1 unspecified atom stereocenters. The number of hydrogen-bond donors (Lipinski definition) is 2. The first kappa shape index (κ1) is 24.6. The lowest BCUT2D eigenvalue weighted by atomic mass is 10.1. The van der Waals surface area contributed by atoms with Gasteiger partial charge in [0.25, 0.3) is 5.91 Å². The maximum absolute atomic E-state index is 12.4. The molecule has 1 aromatic heterocycles. The van der Waals surface area contributed by atoms with E-state index in [-0.39, 0.29) is 30.7 Å². The van der Waals surface area contributed by atoms with E-state index in [0.29, 0.717) is 24.2 Å². The monoisotopic (exact) mass is 454 g/mol. The zero-order valence-corrected chi connectivity index (χ0v) is 18.8. The average Bonchev–Trinajstić information content (AvgIpc) is 3.42. The number of carbonyl (C=O) groups is 1. The number of hydrogen-bond acceptors (Lipinski definition) is 5. The highest BCUT2D eigenvalue weighted by Gasteiger charge is 2.24. The fourth-order valence-electron chi connectivity index (χ4n) is 4.17. The summed E-state index contributed by atoms with van der Waals surface area (Å²) < 4.78 is 1.86. The van der Waals surface area contributed by atoms with Crippen molar-refractivity contribution in [2.24, 2.45) is 5.92 Å². The summed E-state index contributed by atoms with van der Waals surface area (Å²) in [6.45, 7) is 5.94. The van der Waals surface area contributed by atoms with Gasteiger partial charge in [0.1, 0.15) is 0 Å². The van der Waals surface area contributed by atoms with Crippen LogP contribution in [0, 0.1) is 5.92 Å². The van der Waals surface area contributed by atoms with Crippen molar-refractivity contribution in [3.63, 3.8) is 0 Å². The van der Waals surface area contributed by atoms with Crippen molar-refractivity contribution in [2.75, 3.05) is 39.3 Å². The Morgan fingerprint density at radius 3 is 2.67 bits per heavy atom. The number of nitrogens with zero attached hydrogens (tertiary/aromatic N) is 4. The number of piperidine rings is 1. The minimum absolute atomic E-state index is 0. The first-order chi connectivity index (χ1) is 13.8. The molecule has 0 bridgehead atoms. The van der Waals surface area contributed by atoms with Crippen molar-refractivity contribution < 1.29 is 4.79 Å². The summed E-state index contributed by atoms with van der Waals surface area (Å²) in [4.78, 5) is 14.9. The van der Waals surface area contributed by atoms with Crippen molar-refractivity contribution in [3.05, 3.63) is 47.8 Å². The van der Waals surface area contributed by atoms with Gasteiger partial charge in [0.15, 0.2) is 5.69 Å². The molecule has 0 radical (unpaired) electrons. The smallest absolute Gasteiger partial charge is 0.273 e. The Morgan fingerprint density at radius 1 is 1.13 bits per heavy atom. The van der Waals surface area contributed by atoms with E-state index in [0.717, 1.165) is 58.4 Å². The summed E-state index contributed by atoms with van der Waals surface area (Å²) in [6.07, 6.45) is 6.08. The molecule has 166 valence electrons. The molecule has 2 aromatic rings. The lowest BCUT2D eigenvalue weighted by Gasteiger charge is -2.22. The van der Waals surface area contributed by atoms with Gasteiger partial charge in [0.05, 0.1) is 12.2 Å². The number of benzene rings is 1. The Hall–Kier alpha value is -1.67. The van der Waals surface area contributed by atoms with Gasteiger partial charge in [-0.1, -0.05) is 35.5 Å². The predicted molar refractivity (Wildman–Crippen MR) is 123 cm³/mol. The lowest BCUT2D eigenvalue weighted by molar-refractivity contribution is 0.0942. The second-order valence-electron chi connectivity index (χ2n) is 7.97. The summed E-state index contributed by atoms with van der Waals surface area (Å²) in [5.74, 6) is 0.405. The van der Waals surface area contributed by atoms with Crippen molar-refractivity contribution in [1.29, 1.82) is 0 Å². The fourth-order valence-corrected chi connectivity index (χ4v) is 4.17. The second-order valence-corrected chi connectivity index (χ2v) is 7.97. The quantitative estimate of drug-likeness (QED) is 0.671. The first-order valence-electron chi connectivity index (χ1n) is 10.4. The third kappa shape index (κ3) is 6.67. The standard InChI is InChI=1S/C21H30N6O.2ClH/c28-21(20-16-27(25-24-20)19-6-10-22-11-7-19)23-14-18-9-13-26(15-18)12-8-17-4-2-1-3-5-17;;/h1-5,16,18-19,22H,6-15H2,(H,23,28);2*1H. The summed E-state index contributed by atoms with van der Waals surface area (Å²) in [5, 5.41) is 14.7. The van der Waals surface area contributed by atoms with Gasteiger partial charge >= 0.3 is 0 Å². The van der Waals surface area contributed by atoms with E-state index in [2.05, 4.69) is 56.2 Å². The minimum Gasteiger partial charge on any atom is -0.350 e. The number of carbonyl (C=O) groups excluding carboxylic acids is 1. The van der Waals surface area contributed by atoms with Crippen LogP contribution in [0.2, 0.25) is 0 Å². The summed E-state index contributed by atoms with van der Waals surface area (Å²) in [6, 6.07) is 11.0. The van der Waals surface area contributed by atoms with Crippen LogP contribution >= 0.6 is 24.8 Å². The maximum atomic E-state index is 12.4. The van der Waals surface area contributed by atoms with E-state index in [1.807, 2.05) is 4.68 Å². The maximum Gasteiger partial charge on any atom is 0.273 e. The molecule has 9 heteroatoms. The third-order valence-corrected chi connectivity index (χ3v) is 5.91. The van der Waals surface area contributed by atoms with Crippen LogP contribution in [-0.2, 0) is 6.42 Å². The third-order valence-electron chi connectivity index (χ3n) is 5.91. The molecule has 2 aliphatic heterocycles. The van der Waals surface area contributed by atoms with E-state index in [1.165, 1.54) is 5.56 Å². The number of amides is 1. The molecule has 0 spiro atoms. The van der Waals surface area contributed by atoms with Crippen molar-refractivity contribution in [2.45, 2.75) is 31.7 Å². The van der Waals surface area contributed by atoms with Gasteiger partial charge < -0.3 is 15.5 Å². The van der Waals surface area contributed by atoms with Crippen LogP contribution in [-0.4, -0.2) is 65.1 Å². The van der Waals surface area contributed by atoms with Gasteiger partial charge in [0.2, 0.25) is 0 Å². The van der Waals surface area contributed by atoms with Crippen LogP contribution in [0.25, 0.3) is 0 Å². The molecule has 4 rings (SSSR count). The highest BCUT2D eigenvalue weighted by atomic mass is 35.5. The van der Waals surface area contributed by atoms with Crippen LogP contribution < -0.4 is 10.6 Å². The summed E-state index contributed by atoms with van der Waals surface area (Å²) >= 11 is 0. The Balaban J connectivity index is 0.00000160. The number of rotatable bonds is 7. The average molecular weight is 455 g/mol. The highest BCUT2D eigenvalue weighted by molar-refractivity contribution is 5.91. The number of aromatic nitrogens is 3. The summed E-state index contributed by atoms with van der Waals surface area (Å²) in [5.41, 5.74) is 1.81. The molecule has 30 heavy (non-hydrogen) atoms. The molecule has 0 saturated carbocycles. The molecule has 2 fully saturated rings. The SMILES string of the molecule is Cl.Cl.O=C(NCC1CCN(CCc2ccccc2)C1)c1cn(C2CCNCC2)nn1. The van der Waals surface area contributed by atoms with Gasteiger partial charge in [-0.15, -0.1) is 29.9 Å². The van der Waals surface area contributed by atoms with Crippen LogP contribution in [0.5, 0.6) is 0 Å². The number of nitrogens with one attached hydrogen (secondary N) is 2.